The van der Waals surface area contributed by atoms with Gasteiger partial charge in [0.05, 0.1) is 5.92 Å². The Morgan fingerprint density at radius 1 is 1.10 bits per heavy atom. The standard InChI is InChI=1S/C15H27F3N2/c1-13(2)6-5-12(9-13)20-14(10-19)7-3-11(4-8-14)15(16,17)18/h11-12,20H,3-10,19H2,1-2H3. The third-order valence-corrected chi connectivity index (χ3v) is 5.28. The molecule has 0 spiro atoms. The van der Waals surface area contributed by atoms with Gasteiger partial charge in [-0.05, 0) is 50.4 Å². The molecule has 5 heteroatoms. The Bertz CT molecular complexity index is 331. The Labute approximate surface area is 119 Å². The Hall–Kier alpha value is -0.290. The van der Waals surface area contributed by atoms with E-state index in [1.807, 2.05) is 0 Å². The van der Waals surface area contributed by atoms with E-state index in [1.165, 1.54) is 6.42 Å². The number of hydrogen-bond acceptors (Lipinski definition) is 2. The SMILES string of the molecule is CC1(C)CCC(NC2(CN)CCC(C(F)(F)F)CC2)C1. The van der Waals surface area contributed by atoms with Crippen molar-refractivity contribution >= 4 is 0 Å². The Kier molecular flexibility index (Phi) is 4.41. The second kappa shape index (κ2) is 5.48. The molecule has 0 heterocycles. The normalized spacial score (nSPS) is 38.1. The van der Waals surface area contributed by atoms with Gasteiger partial charge in [-0.15, -0.1) is 0 Å². The Morgan fingerprint density at radius 2 is 1.70 bits per heavy atom. The van der Waals surface area contributed by atoms with Crippen molar-refractivity contribution in [1.29, 1.82) is 0 Å². The zero-order chi connectivity index (χ0) is 15.0. The molecule has 0 aromatic heterocycles. The minimum absolute atomic E-state index is 0.212. The molecule has 118 valence electrons. The maximum atomic E-state index is 12.8. The molecule has 2 rings (SSSR count). The average Bonchev–Trinajstić information content (AvgIpc) is 2.68. The van der Waals surface area contributed by atoms with Gasteiger partial charge in [0.2, 0.25) is 0 Å². The minimum atomic E-state index is -4.05. The fraction of sp³-hybridized carbons (Fsp3) is 1.00. The van der Waals surface area contributed by atoms with E-state index in [1.54, 1.807) is 0 Å². The molecule has 2 saturated carbocycles. The molecule has 0 radical (unpaired) electrons. The van der Waals surface area contributed by atoms with Crippen molar-refractivity contribution in [2.45, 2.75) is 76.6 Å². The summed E-state index contributed by atoms with van der Waals surface area (Å²) in [6.45, 7) is 4.95. The summed E-state index contributed by atoms with van der Waals surface area (Å²) in [6, 6.07) is 0.413. The van der Waals surface area contributed by atoms with Gasteiger partial charge in [-0.25, -0.2) is 0 Å². The summed E-state index contributed by atoms with van der Waals surface area (Å²) in [4.78, 5) is 0. The predicted octanol–water partition coefficient (Wildman–Crippen LogP) is 3.60. The van der Waals surface area contributed by atoms with Crippen LogP contribution in [0.4, 0.5) is 13.2 Å². The van der Waals surface area contributed by atoms with Crippen molar-refractivity contribution in [1.82, 2.24) is 5.32 Å². The first-order valence-electron chi connectivity index (χ1n) is 7.70. The number of halogens is 3. The molecule has 2 nitrogen and oxygen atoms in total. The predicted molar refractivity (Wildman–Crippen MR) is 74.4 cm³/mol. The molecule has 0 aromatic carbocycles. The van der Waals surface area contributed by atoms with Crippen molar-refractivity contribution in [3.63, 3.8) is 0 Å². The van der Waals surface area contributed by atoms with Crippen LogP contribution < -0.4 is 11.1 Å². The molecule has 3 N–H and O–H groups in total. The molecular weight excluding hydrogens is 265 g/mol. The molecule has 2 aliphatic carbocycles. The highest BCUT2D eigenvalue weighted by atomic mass is 19.4. The van der Waals surface area contributed by atoms with Gasteiger partial charge in [0.15, 0.2) is 0 Å². The molecule has 2 fully saturated rings. The van der Waals surface area contributed by atoms with Gasteiger partial charge in [-0.3, -0.25) is 0 Å². The van der Waals surface area contributed by atoms with Crippen molar-refractivity contribution in [2.24, 2.45) is 17.1 Å². The summed E-state index contributed by atoms with van der Waals surface area (Å²) >= 11 is 0. The molecular formula is C15H27F3N2. The average molecular weight is 292 g/mol. The van der Waals surface area contributed by atoms with E-state index in [9.17, 15) is 13.2 Å². The van der Waals surface area contributed by atoms with E-state index in [4.69, 9.17) is 5.73 Å². The highest BCUT2D eigenvalue weighted by Crippen LogP contribution is 2.43. The number of nitrogens with one attached hydrogen (secondary N) is 1. The summed E-state index contributed by atoms with van der Waals surface area (Å²) in [7, 11) is 0. The monoisotopic (exact) mass is 292 g/mol. The van der Waals surface area contributed by atoms with Gasteiger partial charge < -0.3 is 11.1 Å². The highest BCUT2D eigenvalue weighted by Gasteiger charge is 2.46. The van der Waals surface area contributed by atoms with Crippen LogP contribution >= 0.6 is 0 Å². The van der Waals surface area contributed by atoms with E-state index in [0.717, 1.165) is 12.8 Å². The van der Waals surface area contributed by atoms with Crippen LogP contribution in [0.2, 0.25) is 0 Å². The Balaban J connectivity index is 1.92. The van der Waals surface area contributed by atoms with Crippen molar-refractivity contribution in [3.8, 4) is 0 Å². The van der Waals surface area contributed by atoms with E-state index >= 15 is 0 Å². The zero-order valence-electron chi connectivity index (χ0n) is 12.5. The zero-order valence-corrected chi connectivity index (χ0v) is 12.5. The first kappa shape index (κ1) is 16.1. The van der Waals surface area contributed by atoms with Crippen LogP contribution in [0, 0.1) is 11.3 Å². The van der Waals surface area contributed by atoms with Crippen LogP contribution in [-0.2, 0) is 0 Å². The molecule has 2 aliphatic rings. The molecule has 0 saturated heterocycles. The first-order chi connectivity index (χ1) is 9.16. The van der Waals surface area contributed by atoms with Crippen LogP contribution in [-0.4, -0.2) is 24.3 Å². The molecule has 0 aromatic rings. The molecule has 20 heavy (non-hydrogen) atoms. The third kappa shape index (κ3) is 3.67. The number of rotatable bonds is 3. The maximum absolute atomic E-state index is 12.8. The summed E-state index contributed by atoms with van der Waals surface area (Å²) < 4.78 is 38.3. The van der Waals surface area contributed by atoms with E-state index in [2.05, 4.69) is 19.2 Å². The minimum Gasteiger partial charge on any atom is -0.329 e. The summed E-state index contributed by atoms with van der Waals surface area (Å²) in [6.07, 6.45) is 0.852. The first-order valence-corrected chi connectivity index (χ1v) is 7.70. The lowest BCUT2D eigenvalue weighted by Gasteiger charge is -2.42. The quantitative estimate of drug-likeness (QED) is 0.834. The van der Waals surface area contributed by atoms with Gasteiger partial charge in [0.25, 0.3) is 0 Å². The van der Waals surface area contributed by atoms with Gasteiger partial charge in [-0.1, -0.05) is 13.8 Å². The maximum Gasteiger partial charge on any atom is 0.391 e. The van der Waals surface area contributed by atoms with Gasteiger partial charge >= 0.3 is 6.18 Å². The van der Waals surface area contributed by atoms with E-state index in [-0.39, 0.29) is 18.4 Å². The highest BCUT2D eigenvalue weighted by molar-refractivity contribution is 4.99. The lowest BCUT2D eigenvalue weighted by molar-refractivity contribution is -0.185. The summed E-state index contributed by atoms with van der Waals surface area (Å²) in [5.41, 5.74) is 5.97. The van der Waals surface area contributed by atoms with E-state index in [0.29, 0.717) is 30.8 Å². The number of alkyl halides is 3. The van der Waals surface area contributed by atoms with Crippen molar-refractivity contribution in [2.75, 3.05) is 6.54 Å². The lowest BCUT2D eigenvalue weighted by Crippen LogP contribution is -2.57. The number of hydrogen-bond donors (Lipinski definition) is 2. The summed E-state index contributed by atoms with van der Waals surface area (Å²) in [5.74, 6) is -1.14. The van der Waals surface area contributed by atoms with E-state index < -0.39 is 12.1 Å². The van der Waals surface area contributed by atoms with Crippen molar-refractivity contribution in [3.05, 3.63) is 0 Å². The van der Waals surface area contributed by atoms with Crippen LogP contribution in [0.1, 0.15) is 58.8 Å². The van der Waals surface area contributed by atoms with Crippen LogP contribution in [0.15, 0.2) is 0 Å². The fourth-order valence-electron chi connectivity index (χ4n) is 3.90. The molecule has 0 amide bonds. The molecule has 1 atom stereocenters. The molecule has 0 aliphatic heterocycles. The van der Waals surface area contributed by atoms with Gasteiger partial charge in [0, 0.05) is 18.1 Å². The molecule has 1 unspecified atom stereocenters. The third-order valence-electron chi connectivity index (χ3n) is 5.28. The van der Waals surface area contributed by atoms with Crippen LogP contribution in [0.5, 0.6) is 0 Å². The number of nitrogens with two attached hydrogens (primary N) is 1. The second-order valence-corrected chi connectivity index (χ2v) is 7.55. The Morgan fingerprint density at radius 3 is 2.10 bits per heavy atom. The van der Waals surface area contributed by atoms with Gasteiger partial charge in [0.1, 0.15) is 0 Å². The second-order valence-electron chi connectivity index (χ2n) is 7.55. The summed E-state index contributed by atoms with van der Waals surface area (Å²) in [5, 5.41) is 3.62. The van der Waals surface area contributed by atoms with Crippen LogP contribution in [0.3, 0.4) is 0 Å². The topological polar surface area (TPSA) is 38.0 Å². The lowest BCUT2D eigenvalue weighted by atomic mass is 9.75. The fourth-order valence-corrected chi connectivity index (χ4v) is 3.90. The largest absolute Gasteiger partial charge is 0.391 e. The molecule has 0 bridgehead atoms. The smallest absolute Gasteiger partial charge is 0.329 e. The van der Waals surface area contributed by atoms with Crippen molar-refractivity contribution < 1.29 is 13.2 Å². The van der Waals surface area contributed by atoms with Gasteiger partial charge in [-0.2, -0.15) is 13.2 Å². The van der Waals surface area contributed by atoms with Crippen LogP contribution in [0.25, 0.3) is 0 Å².